The number of fused-ring (bicyclic) bond motifs is 1. The minimum atomic E-state index is 0.106. The van der Waals surface area contributed by atoms with Gasteiger partial charge in [-0.15, -0.1) is 28.1 Å². The average Bonchev–Trinajstić information content (AvgIpc) is 3.31. The van der Waals surface area contributed by atoms with E-state index in [1.165, 1.54) is 11.8 Å². The molecule has 1 fully saturated rings. The highest BCUT2D eigenvalue weighted by atomic mass is 32.2. The first-order valence-corrected chi connectivity index (χ1v) is 10.9. The predicted octanol–water partition coefficient (Wildman–Crippen LogP) is 2.62. The molecule has 0 unspecified atom stereocenters. The lowest BCUT2D eigenvalue weighted by molar-refractivity contribution is -0.132. The van der Waals surface area contributed by atoms with E-state index in [4.69, 9.17) is 4.74 Å². The molecule has 1 aliphatic heterocycles. The summed E-state index contributed by atoms with van der Waals surface area (Å²) in [4.78, 5) is 18.9. The molecule has 0 radical (unpaired) electrons. The molecule has 3 heterocycles. The molecule has 1 aromatic carbocycles. The minimum absolute atomic E-state index is 0.106. The summed E-state index contributed by atoms with van der Waals surface area (Å²) in [5.74, 6) is 1.28. The number of allylic oxidation sites excluding steroid dienone is 1. The van der Waals surface area contributed by atoms with Crippen LogP contribution in [0.4, 0.5) is 0 Å². The largest absolute Gasteiger partial charge is 0.378 e. The molecule has 2 aromatic heterocycles. The number of thioether (sulfide) groups is 1. The number of ether oxygens (including phenoxy) is 1. The van der Waals surface area contributed by atoms with Gasteiger partial charge in [0.2, 0.25) is 5.91 Å². The Morgan fingerprint density at radius 1 is 1.29 bits per heavy atom. The summed E-state index contributed by atoms with van der Waals surface area (Å²) in [6.45, 7) is 6.96. The SMILES string of the molecule is C=CCn1c(Cc2nc3ccccc3s2)nnc1SCC(=O)N1CCOCC1. The predicted molar refractivity (Wildman–Crippen MR) is 111 cm³/mol. The van der Waals surface area contributed by atoms with Gasteiger partial charge < -0.3 is 14.2 Å². The molecule has 0 atom stereocenters. The van der Waals surface area contributed by atoms with E-state index in [0.29, 0.717) is 45.0 Å². The highest BCUT2D eigenvalue weighted by molar-refractivity contribution is 7.99. The van der Waals surface area contributed by atoms with Gasteiger partial charge in [0, 0.05) is 19.6 Å². The maximum absolute atomic E-state index is 12.4. The lowest BCUT2D eigenvalue weighted by Gasteiger charge is -2.26. The van der Waals surface area contributed by atoms with Crippen molar-refractivity contribution in [3.63, 3.8) is 0 Å². The number of hydrogen-bond donors (Lipinski definition) is 0. The van der Waals surface area contributed by atoms with E-state index in [1.807, 2.05) is 33.7 Å². The van der Waals surface area contributed by atoms with Crippen molar-refractivity contribution in [2.24, 2.45) is 0 Å². The van der Waals surface area contributed by atoms with Gasteiger partial charge in [-0.25, -0.2) is 4.98 Å². The number of thiazole rings is 1. The van der Waals surface area contributed by atoms with Crippen LogP contribution in [-0.4, -0.2) is 62.6 Å². The Kier molecular flexibility index (Phi) is 6.04. The summed E-state index contributed by atoms with van der Waals surface area (Å²) < 4.78 is 8.48. The molecule has 146 valence electrons. The number of aromatic nitrogens is 4. The van der Waals surface area contributed by atoms with Crippen LogP contribution in [0, 0.1) is 0 Å². The first-order chi connectivity index (χ1) is 13.7. The molecule has 28 heavy (non-hydrogen) atoms. The molecule has 1 amide bonds. The quantitative estimate of drug-likeness (QED) is 0.436. The molecule has 1 saturated heterocycles. The van der Waals surface area contributed by atoms with Crippen LogP contribution >= 0.6 is 23.1 Å². The van der Waals surface area contributed by atoms with Crippen molar-refractivity contribution in [1.82, 2.24) is 24.6 Å². The standard InChI is InChI=1S/C19H21N5O2S2/c1-2-7-24-16(12-17-20-14-5-3-4-6-15(14)28-17)21-22-19(24)27-13-18(25)23-8-10-26-11-9-23/h2-6H,1,7-13H2. The molecule has 0 aliphatic carbocycles. The van der Waals surface area contributed by atoms with Crippen LogP contribution in [0.15, 0.2) is 42.1 Å². The Bertz CT molecular complexity index is 945. The summed E-state index contributed by atoms with van der Waals surface area (Å²) in [5.41, 5.74) is 1.00. The van der Waals surface area contributed by atoms with Gasteiger partial charge in [-0.05, 0) is 12.1 Å². The Morgan fingerprint density at radius 3 is 2.89 bits per heavy atom. The topological polar surface area (TPSA) is 73.1 Å². The van der Waals surface area contributed by atoms with Crippen molar-refractivity contribution in [2.75, 3.05) is 32.1 Å². The van der Waals surface area contributed by atoms with Crippen LogP contribution in [-0.2, 0) is 22.5 Å². The first-order valence-electron chi connectivity index (χ1n) is 9.10. The number of para-hydroxylation sites is 1. The van der Waals surface area contributed by atoms with Crippen LogP contribution < -0.4 is 0 Å². The van der Waals surface area contributed by atoms with Crippen LogP contribution in [0.3, 0.4) is 0 Å². The summed E-state index contributed by atoms with van der Waals surface area (Å²) in [7, 11) is 0. The number of amides is 1. The highest BCUT2D eigenvalue weighted by Crippen LogP contribution is 2.25. The molecule has 0 spiro atoms. The van der Waals surface area contributed by atoms with E-state index in [9.17, 15) is 4.79 Å². The molecule has 0 saturated carbocycles. The number of hydrogen-bond acceptors (Lipinski definition) is 7. The second kappa shape index (κ2) is 8.85. The van der Waals surface area contributed by atoms with E-state index in [0.717, 1.165) is 26.2 Å². The fourth-order valence-corrected chi connectivity index (χ4v) is 4.86. The van der Waals surface area contributed by atoms with Crippen LogP contribution in [0.25, 0.3) is 10.2 Å². The molecule has 9 heteroatoms. The lowest BCUT2D eigenvalue weighted by atomic mass is 10.3. The smallest absolute Gasteiger partial charge is 0.233 e. The molecule has 0 bridgehead atoms. The number of morpholine rings is 1. The Labute approximate surface area is 171 Å². The molecular weight excluding hydrogens is 394 g/mol. The monoisotopic (exact) mass is 415 g/mol. The maximum Gasteiger partial charge on any atom is 0.233 e. The van der Waals surface area contributed by atoms with Gasteiger partial charge in [0.1, 0.15) is 10.8 Å². The van der Waals surface area contributed by atoms with Crippen LogP contribution in [0.1, 0.15) is 10.8 Å². The van der Waals surface area contributed by atoms with Crippen molar-refractivity contribution >= 4 is 39.2 Å². The van der Waals surface area contributed by atoms with E-state index in [1.54, 1.807) is 11.3 Å². The van der Waals surface area contributed by atoms with Crippen LogP contribution in [0.2, 0.25) is 0 Å². The third kappa shape index (κ3) is 4.26. The molecule has 0 N–H and O–H groups in total. The number of carbonyl (C=O) groups excluding carboxylic acids is 1. The summed E-state index contributed by atoms with van der Waals surface area (Å²) in [6, 6.07) is 8.10. The lowest BCUT2D eigenvalue weighted by Crippen LogP contribution is -2.41. The zero-order valence-electron chi connectivity index (χ0n) is 15.4. The van der Waals surface area contributed by atoms with E-state index in [-0.39, 0.29) is 5.91 Å². The van der Waals surface area contributed by atoms with Crippen molar-refractivity contribution in [1.29, 1.82) is 0 Å². The van der Waals surface area contributed by atoms with Gasteiger partial charge in [0.05, 0.1) is 35.6 Å². The van der Waals surface area contributed by atoms with Crippen molar-refractivity contribution in [3.05, 3.63) is 47.8 Å². The van der Waals surface area contributed by atoms with E-state index in [2.05, 4.69) is 27.8 Å². The zero-order valence-corrected chi connectivity index (χ0v) is 17.0. The third-order valence-electron chi connectivity index (χ3n) is 4.44. The van der Waals surface area contributed by atoms with Gasteiger partial charge in [0.25, 0.3) is 0 Å². The average molecular weight is 416 g/mol. The summed E-state index contributed by atoms with van der Waals surface area (Å²) >= 11 is 3.09. The Hall–Kier alpha value is -2.23. The number of benzene rings is 1. The van der Waals surface area contributed by atoms with Gasteiger partial charge in [0.15, 0.2) is 5.16 Å². The maximum atomic E-state index is 12.4. The molecule has 7 nitrogen and oxygen atoms in total. The van der Waals surface area contributed by atoms with Crippen molar-refractivity contribution in [3.8, 4) is 0 Å². The first kappa shape index (κ1) is 19.1. The van der Waals surface area contributed by atoms with Crippen molar-refractivity contribution in [2.45, 2.75) is 18.1 Å². The van der Waals surface area contributed by atoms with Crippen molar-refractivity contribution < 1.29 is 9.53 Å². The van der Waals surface area contributed by atoms with Gasteiger partial charge in [-0.3, -0.25) is 4.79 Å². The second-order valence-electron chi connectivity index (χ2n) is 6.33. The second-order valence-corrected chi connectivity index (χ2v) is 8.39. The third-order valence-corrected chi connectivity index (χ3v) is 6.43. The van der Waals surface area contributed by atoms with E-state index >= 15 is 0 Å². The van der Waals surface area contributed by atoms with Gasteiger partial charge in [-0.1, -0.05) is 30.0 Å². The number of rotatable bonds is 7. The van der Waals surface area contributed by atoms with Gasteiger partial charge >= 0.3 is 0 Å². The Balaban J connectivity index is 1.47. The molecule has 4 rings (SSSR count). The summed E-state index contributed by atoms with van der Waals surface area (Å²) in [5, 5.41) is 10.4. The number of carbonyl (C=O) groups is 1. The minimum Gasteiger partial charge on any atom is -0.378 e. The molecule has 1 aliphatic rings. The number of nitrogens with zero attached hydrogens (tertiary/aromatic N) is 5. The van der Waals surface area contributed by atoms with Crippen LogP contribution in [0.5, 0.6) is 0 Å². The molecule has 3 aromatic rings. The fraction of sp³-hybridized carbons (Fsp3) is 0.368. The summed E-state index contributed by atoms with van der Waals surface area (Å²) in [6.07, 6.45) is 2.43. The Morgan fingerprint density at radius 2 is 2.11 bits per heavy atom. The normalized spacial score (nSPS) is 14.5. The zero-order chi connectivity index (χ0) is 19.3. The van der Waals surface area contributed by atoms with Gasteiger partial charge in [-0.2, -0.15) is 0 Å². The van der Waals surface area contributed by atoms with E-state index < -0.39 is 0 Å². The molecular formula is C19H21N5O2S2. The fourth-order valence-electron chi connectivity index (χ4n) is 3.03. The highest BCUT2D eigenvalue weighted by Gasteiger charge is 2.19.